The summed E-state index contributed by atoms with van der Waals surface area (Å²) in [5, 5.41) is 0. The summed E-state index contributed by atoms with van der Waals surface area (Å²) in [7, 11) is 0. The lowest BCUT2D eigenvalue weighted by Crippen LogP contribution is -2.07. The average Bonchev–Trinajstić information content (AvgIpc) is 2.29. The van der Waals surface area contributed by atoms with Crippen LogP contribution in [0.4, 0.5) is 0 Å². The highest BCUT2D eigenvalue weighted by molar-refractivity contribution is 5.35. The highest BCUT2D eigenvalue weighted by Gasteiger charge is 2.11. The van der Waals surface area contributed by atoms with Crippen molar-refractivity contribution >= 4 is 0 Å². The molecule has 1 aromatic carbocycles. The van der Waals surface area contributed by atoms with Crippen LogP contribution in [0.5, 0.6) is 0 Å². The van der Waals surface area contributed by atoms with Crippen molar-refractivity contribution in [2.45, 2.75) is 44.9 Å². The monoisotopic (exact) mass is 203 g/mol. The SMILES string of the molecule is C[C@H](CCN)c1ccc2c(c1)CCCC2. The molecule has 1 nitrogen and oxygen atoms in total. The van der Waals surface area contributed by atoms with E-state index in [9.17, 15) is 0 Å². The van der Waals surface area contributed by atoms with Gasteiger partial charge >= 0.3 is 0 Å². The number of fused-ring (bicyclic) bond motifs is 1. The van der Waals surface area contributed by atoms with Crippen LogP contribution in [0.3, 0.4) is 0 Å². The zero-order valence-electron chi connectivity index (χ0n) is 9.63. The third kappa shape index (κ3) is 2.40. The van der Waals surface area contributed by atoms with Gasteiger partial charge in [-0.1, -0.05) is 25.1 Å². The van der Waals surface area contributed by atoms with Gasteiger partial charge in [-0.3, -0.25) is 0 Å². The Balaban J connectivity index is 2.20. The van der Waals surface area contributed by atoms with Crippen molar-refractivity contribution in [2.75, 3.05) is 6.54 Å². The zero-order valence-corrected chi connectivity index (χ0v) is 9.63. The Morgan fingerprint density at radius 1 is 1.20 bits per heavy atom. The first kappa shape index (κ1) is 10.7. The fraction of sp³-hybridized carbons (Fsp3) is 0.571. The maximum atomic E-state index is 5.60. The van der Waals surface area contributed by atoms with Crippen molar-refractivity contribution in [3.63, 3.8) is 0 Å². The summed E-state index contributed by atoms with van der Waals surface area (Å²) in [6.45, 7) is 3.07. The van der Waals surface area contributed by atoms with Crippen molar-refractivity contribution in [1.29, 1.82) is 0 Å². The maximum Gasteiger partial charge on any atom is -0.00715 e. The lowest BCUT2D eigenvalue weighted by Gasteiger charge is -2.18. The molecule has 1 aliphatic rings. The topological polar surface area (TPSA) is 26.0 Å². The van der Waals surface area contributed by atoms with E-state index < -0.39 is 0 Å². The predicted octanol–water partition coefficient (Wildman–Crippen LogP) is 3.02. The van der Waals surface area contributed by atoms with Crippen LogP contribution < -0.4 is 5.73 Å². The molecule has 0 heterocycles. The standard InChI is InChI=1S/C14H21N/c1-11(8-9-15)13-7-6-12-4-2-3-5-14(12)10-13/h6-7,10-11H,2-5,8-9,15H2,1H3/t11-/m1/s1. The van der Waals surface area contributed by atoms with Crippen molar-refractivity contribution in [3.8, 4) is 0 Å². The van der Waals surface area contributed by atoms with E-state index in [0.717, 1.165) is 13.0 Å². The Hall–Kier alpha value is -0.820. The normalized spacial score (nSPS) is 17.2. The molecule has 1 heteroatoms. The third-order valence-corrected chi connectivity index (χ3v) is 3.54. The van der Waals surface area contributed by atoms with E-state index in [0.29, 0.717) is 5.92 Å². The smallest absolute Gasteiger partial charge is 0.00715 e. The molecule has 0 saturated heterocycles. The lowest BCUT2D eigenvalue weighted by atomic mass is 9.87. The van der Waals surface area contributed by atoms with Gasteiger partial charge in [0.2, 0.25) is 0 Å². The average molecular weight is 203 g/mol. The van der Waals surface area contributed by atoms with Crippen molar-refractivity contribution in [2.24, 2.45) is 5.73 Å². The molecule has 1 aliphatic carbocycles. The molecule has 0 unspecified atom stereocenters. The molecular weight excluding hydrogens is 182 g/mol. The van der Waals surface area contributed by atoms with Gasteiger partial charge in [0.15, 0.2) is 0 Å². The summed E-state index contributed by atoms with van der Waals surface area (Å²) in [6, 6.07) is 7.04. The van der Waals surface area contributed by atoms with Crippen LogP contribution in [0.2, 0.25) is 0 Å². The highest BCUT2D eigenvalue weighted by atomic mass is 14.5. The van der Waals surface area contributed by atoms with E-state index in [4.69, 9.17) is 5.73 Å². The van der Waals surface area contributed by atoms with Gasteiger partial charge in [0, 0.05) is 0 Å². The zero-order chi connectivity index (χ0) is 10.7. The number of aryl methyl sites for hydroxylation is 2. The second kappa shape index (κ2) is 4.80. The number of benzene rings is 1. The molecular formula is C14H21N. The van der Waals surface area contributed by atoms with Crippen molar-refractivity contribution in [1.82, 2.24) is 0 Å². The largest absolute Gasteiger partial charge is 0.330 e. The Morgan fingerprint density at radius 3 is 2.67 bits per heavy atom. The van der Waals surface area contributed by atoms with Crippen LogP contribution in [0, 0.1) is 0 Å². The van der Waals surface area contributed by atoms with E-state index in [2.05, 4.69) is 25.1 Å². The van der Waals surface area contributed by atoms with E-state index in [-0.39, 0.29) is 0 Å². The minimum absolute atomic E-state index is 0.613. The quantitative estimate of drug-likeness (QED) is 0.803. The van der Waals surface area contributed by atoms with Crippen LogP contribution in [-0.2, 0) is 12.8 Å². The molecule has 1 aromatic rings. The molecule has 0 aliphatic heterocycles. The second-order valence-corrected chi connectivity index (χ2v) is 4.71. The fourth-order valence-electron chi connectivity index (χ4n) is 2.48. The first-order valence-corrected chi connectivity index (χ1v) is 6.13. The molecule has 0 saturated carbocycles. The summed E-state index contributed by atoms with van der Waals surface area (Å²) >= 11 is 0. The van der Waals surface area contributed by atoms with Crippen LogP contribution in [0.25, 0.3) is 0 Å². The second-order valence-electron chi connectivity index (χ2n) is 4.71. The number of nitrogens with two attached hydrogens (primary N) is 1. The summed E-state index contributed by atoms with van der Waals surface area (Å²) < 4.78 is 0. The lowest BCUT2D eigenvalue weighted by molar-refractivity contribution is 0.667. The molecule has 82 valence electrons. The van der Waals surface area contributed by atoms with Gasteiger partial charge in [-0.05, 0) is 61.3 Å². The molecule has 15 heavy (non-hydrogen) atoms. The molecule has 0 radical (unpaired) electrons. The molecule has 0 fully saturated rings. The molecule has 1 atom stereocenters. The highest BCUT2D eigenvalue weighted by Crippen LogP contribution is 2.26. The van der Waals surface area contributed by atoms with Gasteiger partial charge in [0.1, 0.15) is 0 Å². The number of rotatable bonds is 3. The third-order valence-electron chi connectivity index (χ3n) is 3.54. The van der Waals surface area contributed by atoms with Gasteiger partial charge in [-0.15, -0.1) is 0 Å². The van der Waals surface area contributed by atoms with E-state index in [1.807, 2.05) is 0 Å². The van der Waals surface area contributed by atoms with Gasteiger partial charge in [-0.25, -0.2) is 0 Å². The van der Waals surface area contributed by atoms with E-state index in [1.54, 1.807) is 11.1 Å². The van der Waals surface area contributed by atoms with Gasteiger partial charge in [0.25, 0.3) is 0 Å². The van der Waals surface area contributed by atoms with Gasteiger partial charge in [0.05, 0.1) is 0 Å². The number of hydrogen-bond acceptors (Lipinski definition) is 1. The Bertz CT molecular complexity index is 330. The molecule has 0 spiro atoms. The Morgan fingerprint density at radius 2 is 1.93 bits per heavy atom. The number of hydrogen-bond donors (Lipinski definition) is 1. The van der Waals surface area contributed by atoms with Gasteiger partial charge in [-0.2, -0.15) is 0 Å². The minimum atomic E-state index is 0.613. The fourth-order valence-corrected chi connectivity index (χ4v) is 2.48. The molecule has 0 bridgehead atoms. The van der Waals surface area contributed by atoms with Gasteiger partial charge < -0.3 is 5.73 Å². The Labute approximate surface area is 92.7 Å². The Kier molecular flexibility index (Phi) is 3.42. The van der Waals surface area contributed by atoms with Crippen LogP contribution in [-0.4, -0.2) is 6.54 Å². The molecule has 0 amide bonds. The molecule has 2 N–H and O–H groups in total. The minimum Gasteiger partial charge on any atom is -0.330 e. The van der Waals surface area contributed by atoms with Crippen LogP contribution >= 0.6 is 0 Å². The van der Waals surface area contributed by atoms with Crippen molar-refractivity contribution < 1.29 is 0 Å². The van der Waals surface area contributed by atoms with Crippen molar-refractivity contribution in [3.05, 3.63) is 34.9 Å². The van der Waals surface area contributed by atoms with Crippen LogP contribution in [0.1, 0.15) is 48.8 Å². The first-order chi connectivity index (χ1) is 7.31. The first-order valence-electron chi connectivity index (χ1n) is 6.13. The summed E-state index contributed by atoms with van der Waals surface area (Å²) in [4.78, 5) is 0. The molecule has 0 aromatic heterocycles. The van der Waals surface area contributed by atoms with E-state index >= 15 is 0 Å². The van der Waals surface area contributed by atoms with E-state index in [1.165, 1.54) is 31.2 Å². The summed E-state index contributed by atoms with van der Waals surface area (Å²) in [5.41, 5.74) is 10.2. The molecule has 2 rings (SSSR count). The van der Waals surface area contributed by atoms with Crippen LogP contribution in [0.15, 0.2) is 18.2 Å². The summed E-state index contributed by atoms with van der Waals surface area (Å²) in [5.74, 6) is 0.613. The summed E-state index contributed by atoms with van der Waals surface area (Å²) in [6.07, 6.45) is 6.38. The maximum absolute atomic E-state index is 5.60. The predicted molar refractivity (Wildman–Crippen MR) is 65.2 cm³/mol.